The average molecular weight is 344 g/mol. The fourth-order valence-corrected chi connectivity index (χ4v) is 2.55. The van der Waals surface area contributed by atoms with Gasteiger partial charge in [0.2, 0.25) is 5.91 Å². The van der Waals surface area contributed by atoms with Gasteiger partial charge in [-0.1, -0.05) is 13.8 Å². The van der Waals surface area contributed by atoms with Crippen molar-refractivity contribution in [1.29, 1.82) is 0 Å². The highest BCUT2D eigenvalue weighted by molar-refractivity contribution is 5.85. The normalized spacial score (nSPS) is 19.3. The summed E-state index contributed by atoms with van der Waals surface area (Å²) in [4.78, 5) is 14.6. The molecule has 1 unspecified atom stereocenters. The number of carbonyl (C=O) groups excluding carboxylic acids is 1. The first-order valence-corrected chi connectivity index (χ1v) is 7.39. The van der Waals surface area contributed by atoms with Gasteiger partial charge in [0.1, 0.15) is 0 Å². The molecular formula is C14H31Cl2N3O2. The van der Waals surface area contributed by atoms with Crippen LogP contribution in [0.4, 0.5) is 0 Å². The van der Waals surface area contributed by atoms with Crippen LogP contribution in [0, 0.1) is 5.41 Å². The molecule has 1 aliphatic heterocycles. The molecule has 1 atom stereocenters. The maximum atomic E-state index is 12.2. The van der Waals surface area contributed by atoms with E-state index in [4.69, 9.17) is 10.5 Å². The van der Waals surface area contributed by atoms with Gasteiger partial charge in [-0.25, -0.2) is 0 Å². The van der Waals surface area contributed by atoms with Gasteiger partial charge in [-0.2, -0.15) is 0 Å². The topological polar surface area (TPSA) is 67.6 Å². The summed E-state index contributed by atoms with van der Waals surface area (Å²) >= 11 is 0. The number of ether oxygens (including phenoxy) is 1. The van der Waals surface area contributed by atoms with Crippen LogP contribution < -0.4 is 11.1 Å². The van der Waals surface area contributed by atoms with Gasteiger partial charge in [0.25, 0.3) is 0 Å². The summed E-state index contributed by atoms with van der Waals surface area (Å²) in [5, 5.41) is 3.04. The Morgan fingerprint density at radius 2 is 2.00 bits per heavy atom. The number of morpholine rings is 1. The van der Waals surface area contributed by atoms with E-state index in [1.165, 1.54) is 0 Å². The molecule has 128 valence electrons. The smallest absolute Gasteiger partial charge is 0.227 e. The van der Waals surface area contributed by atoms with E-state index in [0.29, 0.717) is 19.1 Å². The Balaban J connectivity index is 0. The van der Waals surface area contributed by atoms with Crippen molar-refractivity contribution in [3.05, 3.63) is 0 Å². The molecule has 5 nitrogen and oxygen atoms in total. The number of hydrogen-bond donors (Lipinski definition) is 2. The van der Waals surface area contributed by atoms with Crippen molar-refractivity contribution in [1.82, 2.24) is 10.2 Å². The minimum atomic E-state index is -0.392. The Bertz CT molecular complexity index is 281. The molecule has 0 radical (unpaired) electrons. The molecule has 0 saturated carbocycles. The van der Waals surface area contributed by atoms with Crippen molar-refractivity contribution in [3.8, 4) is 0 Å². The third-order valence-corrected chi connectivity index (χ3v) is 4.42. The lowest BCUT2D eigenvalue weighted by molar-refractivity contribution is -0.131. The van der Waals surface area contributed by atoms with Crippen molar-refractivity contribution in [2.75, 3.05) is 39.4 Å². The summed E-state index contributed by atoms with van der Waals surface area (Å²) < 4.78 is 5.40. The van der Waals surface area contributed by atoms with E-state index in [1.54, 1.807) is 0 Å². The van der Waals surface area contributed by atoms with Gasteiger partial charge in [-0.05, 0) is 19.8 Å². The zero-order valence-electron chi connectivity index (χ0n) is 13.4. The van der Waals surface area contributed by atoms with Crippen molar-refractivity contribution in [3.63, 3.8) is 0 Å². The Morgan fingerprint density at radius 1 is 1.38 bits per heavy atom. The molecule has 0 aromatic heterocycles. The molecule has 21 heavy (non-hydrogen) atoms. The van der Waals surface area contributed by atoms with Gasteiger partial charge < -0.3 is 15.8 Å². The lowest BCUT2D eigenvalue weighted by atomic mass is 9.81. The minimum absolute atomic E-state index is 0. The van der Waals surface area contributed by atoms with Gasteiger partial charge in [0.15, 0.2) is 0 Å². The maximum absolute atomic E-state index is 12.2. The third-order valence-electron chi connectivity index (χ3n) is 4.42. The van der Waals surface area contributed by atoms with Gasteiger partial charge in [-0.15, -0.1) is 24.8 Å². The molecular weight excluding hydrogens is 313 g/mol. The van der Waals surface area contributed by atoms with E-state index in [2.05, 4.69) is 17.1 Å². The van der Waals surface area contributed by atoms with Crippen LogP contribution in [-0.2, 0) is 9.53 Å². The number of hydrogen-bond acceptors (Lipinski definition) is 4. The second-order valence-corrected chi connectivity index (χ2v) is 5.41. The van der Waals surface area contributed by atoms with Crippen LogP contribution >= 0.6 is 24.8 Å². The zero-order chi connectivity index (χ0) is 14.3. The van der Waals surface area contributed by atoms with Crippen LogP contribution in [0.2, 0.25) is 0 Å². The molecule has 1 heterocycles. The molecule has 0 bridgehead atoms. The van der Waals surface area contributed by atoms with E-state index in [9.17, 15) is 4.79 Å². The Kier molecular flexibility index (Phi) is 12.7. The van der Waals surface area contributed by atoms with Crippen molar-refractivity contribution >= 4 is 30.7 Å². The maximum Gasteiger partial charge on any atom is 0.227 e. The predicted molar refractivity (Wildman–Crippen MR) is 91.4 cm³/mol. The van der Waals surface area contributed by atoms with Crippen LogP contribution in [0.1, 0.15) is 33.6 Å². The standard InChI is InChI=1S/C14H29N3O2.2ClH/c1-4-14(5-2,11-15)13(18)16-6-7-17-8-9-19-10-12(17)3;;/h12H,4-11,15H2,1-3H3,(H,16,18);2*1H. The van der Waals surface area contributed by atoms with E-state index < -0.39 is 5.41 Å². The number of nitrogens with zero attached hydrogens (tertiary/aromatic N) is 1. The fourth-order valence-electron chi connectivity index (χ4n) is 2.55. The Labute approximate surface area is 141 Å². The highest BCUT2D eigenvalue weighted by atomic mass is 35.5. The average Bonchev–Trinajstić information content (AvgIpc) is 2.43. The van der Waals surface area contributed by atoms with Crippen molar-refractivity contribution in [2.24, 2.45) is 11.1 Å². The predicted octanol–water partition coefficient (Wildman–Crippen LogP) is 1.43. The molecule has 0 spiro atoms. The van der Waals surface area contributed by atoms with Gasteiger partial charge >= 0.3 is 0 Å². The van der Waals surface area contributed by atoms with E-state index in [0.717, 1.165) is 39.1 Å². The molecule has 7 heteroatoms. The monoisotopic (exact) mass is 343 g/mol. The molecule has 1 aliphatic rings. The third kappa shape index (κ3) is 6.28. The second kappa shape index (κ2) is 11.5. The summed E-state index contributed by atoms with van der Waals surface area (Å²) in [7, 11) is 0. The van der Waals surface area contributed by atoms with Crippen LogP contribution in [0.15, 0.2) is 0 Å². The molecule has 0 aliphatic carbocycles. The first kappa shape index (κ1) is 23.2. The molecule has 0 aromatic rings. The minimum Gasteiger partial charge on any atom is -0.379 e. The Hall–Kier alpha value is -0.0700. The summed E-state index contributed by atoms with van der Waals surface area (Å²) in [5.41, 5.74) is 5.39. The molecule has 1 saturated heterocycles. The van der Waals surface area contributed by atoms with Gasteiger partial charge in [0, 0.05) is 32.2 Å². The highest BCUT2D eigenvalue weighted by Gasteiger charge is 2.33. The first-order valence-electron chi connectivity index (χ1n) is 7.39. The largest absolute Gasteiger partial charge is 0.379 e. The van der Waals surface area contributed by atoms with Crippen LogP contribution in [0.5, 0.6) is 0 Å². The summed E-state index contributed by atoms with van der Waals surface area (Å²) in [6, 6.07) is 0.433. The molecule has 1 rings (SSSR count). The van der Waals surface area contributed by atoms with Gasteiger partial charge in [-0.3, -0.25) is 9.69 Å². The summed E-state index contributed by atoms with van der Waals surface area (Å²) in [6.45, 7) is 10.7. The highest BCUT2D eigenvalue weighted by Crippen LogP contribution is 2.24. The number of nitrogens with two attached hydrogens (primary N) is 1. The number of amides is 1. The van der Waals surface area contributed by atoms with Crippen LogP contribution in [0.3, 0.4) is 0 Å². The number of rotatable bonds is 7. The summed E-state index contributed by atoms with van der Waals surface area (Å²) in [5.74, 6) is 0.0981. The first-order chi connectivity index (χ1) is 9.09. The number of carbonyl (C=O) groups is 1. The van der Waals surface area contributed by atoms with E-state index >= 15 is 0 Å². The van der Waals surface area contributed by atoms with Crippen LogP contribution in [-0.4, -0.2) is 56.2 Å². The lowest BCUT2D eigenvalue weighted by Crippen LogP contribution is -2.50. The molecule has 1 amide bonds. The van der Waals surface area contributed by atoms with Crippen LogP contribution in [0.25, 0.3) is 0 Å². The zero-order valence-corrected chi connectivity index (χ0v) is 15.0. The van der Waals surface area contributed by atoms with E-state index in [1.807, 2.05) is 13.8 Å². The molecule has 0 aromatic carbocycles. The second-order valence-electron chi connectivity index (χ2n) is 5.41. The fraction of sp³-hybridized carbons (Fsp3) is 0.929. The SMILES string of the molecule is CCC(CC)(CN)C(=O)NCCN1CCOCC1C.Cl.Cl. The Morgan fingerprint density at radius 3 is 2.48 bits per heavy atom. The summed E-state index contributed by atoms with van der Waals surface area (Å²) in [6.07, 6.45) is 1.58. The van der Waals surface area contributed by atoms with Crippen molar-refractivity contribution in [2.45, 2.75) is 39.7 Å². The van der Waals surface area contributed by atoms with Gasteiger partial charge in [0.05, 0.1) is 18.6 Å². The quantitative estimate of drug-likeness (QED) is 0.733. The lowest BCUT2D eigenvalue weighted by Gasteiger charge is -2.34. The number of nitrogens with one attached hydrogen (secondary N) is 1. The number of halogens is 2. The van der Waals surface area contributed by atoms with E-state index in [-0.39, 0.29) is 30.7 Å². The van der Waals surface area contributed by atoms with Crippen molar-refractivity contribution < 1.29 is 9.53 Å². The molecule has 3 N–H and O–H groups in total. The molecule has 1 fully saturated rings.